The lowest BCUT2D eigenvalue weighted by molar-refractivity contribution is 0.226. The molecule has 0 saturated heterocycles. The minimum atomic E-state index is -3.15. The molecule has 0 aliphatic carbocycles. The molecule has 0 aromatic rings. The Labute approximate surface area is 75.7 Å². The summed E-state index contributed by atoms with van der Waals surface area (Å²) in [6.07, 6.45) is 3.58. The van der Waals surface area contributed by atoms with Crippen LogP contribution in [0.5, 0.6) is 0 Å². The van der Waals surface area contributed by atoms with Crippen LogP contribution in [0.3, 0.4) is 0 Å². The van der Waals surface area contributed by atoms with Crippen molar-refractivity contribution in [3.63, 3.8) is 0 Å². The van der Waals surface area contributed by atoms with E-state index in [4.69, 9.17) is 0 Å². The predicted molar refractivity (Wildman–Crippen MR) is 48.2 cm³/mol. The molecule has 4 nitrogen and oxygen atoms in total. The molecule has 0 radical (unpaired) electrons. The van der Waals surface area contributed by atoms with E-state index in [-0.39, 0.29) is 0 Å². The van der Waals surface area contributed by atoms with E-state index in [1.54, 1.807) is 10.5 Å². The van der Waals surface area contributed by atoms with Crippen LogP contribution in [0.25, 0.3) is 0 Å². The Bertz CT molecular complexity index is 325. The highest BCUT2D eigenvalue weighted by atomic mass is 32.2. The molecule has 66 valence electrons. The van der Waals surface area contributed by atoms with E-state index in [1.165, 1.54) is 21.8 Å². The maximum atomic E-state index is 11.3. The maximum absolute atomic E-state index is 11.3. The molecule has 2 heterocycles. The van der Waals surface area contributed by atoms with Crippen molar-refractivity contribution < 1.29 is 8.42 Å². The Morgan fingerprint density at radius 3 is 2.58 bits per heavy atom. The van der Waals surface area contributed by atoms with Gasteiger partial charge in [0, 0.05) is 18.5 Å². The Hall–Kier alpha value is -0.300. The van der Waals surface area contributed by atoms with Crippen molar-refractivity contribution in [1.82, 2.24) is 8.83 Å². The molecule has 2 aliphatic heterocycles. The molecule has 0 aromatic carbocycles. The molecule has 0 spiro atoms. The monoisotopic (exact) mass is 204 g/mol. The first kappa shape index (κ1) is 8.31. The number of rotatable bonds is 1. The minimum absolute atomic E-state index is 0.455. The van der Waals surface area contributed by atoms with Crippen molar-refractivity contribution in [2.45, 2.75) is 0 Å². The average molecular weight is 204 g/mol. The van der Waals surface area contributed by atoms with Crippen molar-refractivity contribution in [3.05, 3.63) is 23.0 Å². The maximum Gasteiger partial charge on any atom is 0.249 e. The summed E-state index contributed by atoms with van der Waals surface area (Å²) in [7, 11) is -3.15. The van der Waals surface area contributed by atoms with Gasteiger partial charge in [-0.3, -0.25) is 0 Å². The number of hydrogen-bond donors (Lipinski definition) is 0. The lowest BCUT2D eigenvalue weighted by Crippen LogP contribution is -2.37. The highest BCUT2D eigenvalue weighted by molar-refractivity contribution is 8.01. The standard InChI is InChI=1S/C6H8N2O2S2/c9-12(10)6-2-4-8(12)7-3-1-5-11-7/h1-2,5-6H,3-4H2. The van der Waals surface area contributed by atoms with E-state index in [0.717, 1.165) is 0 Å². The third-order valence-electron chi connectivity index (χ3n) is 1.61. The van der Waals surface area contributed by atoms with Crippen molar-refractivity contribution in [2.75, 3.05) is 13.1 Å². The molecule has 0 amide bonds. The number of nitrogens with zero attached hydrogens (tertiary/aromatic N) is 2. The summed E-state index contributed by atoms with van der Waals surface area (Å²) in [6, 6.07) is 0. The SMILES string of the molecule is O=S1(=O)C=CCN1N1CC=CS1. The van der Waals surface area contributed by atoms with Crippen molar-refractivity contribution in [3.8, 4) is 0 Å². The average Bonchev–Trinajstić information content (AvgIpc) is 2.55. The molecular weight excluding hydrogens is 196 g/mol. The normalized spacial score (nSPS) is 28.7. The van der Waals surface area contributed by atoms with Gasteiger partial charge in [-0.05, 0) is 17.4 Å². The first-order chi connectivity index (χ1) is 5.70. The van der Waals surface area contributed by atoms with Crippen LogP contribution >= 0.6 is 11.9 Å². The van der Waals surface area contributed by atoms with Crippen LogP contribution in [0.4, 0.5) is 0 Å². The van der Waals surface area contributed by atoms with Gasteiger partial charge in [-0.2, -0.15) is 4.41 Å². The summed E-state index contributed by atoms with van der Waals surface area (Å²) in [6.45, 7) is 1.11. The molecule has 2 rings (SSSR count). The first-order valence-electron chi connectivity index (χ1n) is 3.49. The smallest absolute Gasteiger partial charge is 0.206 e. The Balaban J connectivity index is 2.16. The van der Waals surface area contributed by atoms with Gasteiger partial charge in [-0.15, -0.1) is 4.41 Å². The van der Waals surface area contributed by atoms with Gasteiger partial charge in [0.05, 0.1) is 0 Å². The summed E-state index contributed by atoms with van der Waals surface area (Å²) in [5.41, 5.74) is 0. The largest absolute Gasteiger partial charge is 0.249 e. The molecule has 0 aromatic heterocycles. The molecule has 2 aliphatic rings. The van der Waals surface area contributed by atoms with Gasteiger partial charge in [-0.1, -0.05) is 12.2 Å². The van der Waals surface area contributed by atoms with Gasteiger partial charge in [0.1, 0.15) is 0 Å². The molecule has 6 heteroatoms. The van der Waals surface area contributed by atoms with E-state index in [2.05, 4.69) is 0 Å². The van der Waals surface area contributed by atoms with Gasteiger partial charge in [0.2, 0.25) is 10.0 Å². The lowest BCUT2D eigenvalue weighted by atomic mass is 10.6. The third-order valence-corrected chi connectivity index (χ3v) is 4.09. The van der Waals surface area contributed by atoms with Crippen LogP contribution in [0.2, 0.25) is 0 Å². The van der Waals surface area contributed by atoms with Gasteiger partial charge < -0.3 is 0 Å². The van der Waals surface area contributed by atoms with Crippen LogP contribution in [0, 0.1) is 0 Å². The molecule has 12 heavy (non-hydrogen) atoms. The van der Waals surface area contributed by atoms with Crippen LogP contribution in [-0.4, -0.2) is 30.3 Å². The summed E-state index contributed by atoms with van der Waals surface area (Å²) in [5, 5.41) is 3.12. The summed E-state index contributed by atoms with van der Waals surface area (Å²) in [4.78, 5) is 0. The quantitative estimate of drug-likeness (QED) is 0.584. The summed E-state index contributed by atoms with van der Waals surface area (Å²) < 4.78 is 25.7. The lowest BCUT2D eigenvalue weighted by Gasteiger charge is -2.23. The fourth-order valence-corrected chi connectivity index (χ4v) is 3.22. The zero-order valence-corrected chi connectivity index (χ0v) is 7.88. The zero-order valence-electron chi connectivity index (χ0n) is 6.25. The Morgan fingerprint density at radius 2 is 2.08 bits per heavy atom. The topological polar surface area (TPSA) is 40.6 Å². The fourth-order valence-electron chi connectivity index (χ4n) is 1.08. The third kappa shape index (κ3) is 1.31. The summed E-state index contributed by atoms with van der Waals surface area (Å²) >= 11 is 1.40. The molecule has 0 N–H and O–H groups in total. The zero-order chi connectivity index (χ0) is 8.60. The Morgan fingerprint density at radius 1 is 1.25 bits per heavy atom. The van der Waals surface area contributed by atoms with E-state index >= 15 is 0 Å². The number of hydrazine groups is 1. The van der Waals surface area contributed by atoms with Crippen LogP contribution in [-0.2, 0) is 10.0 Å². The molecule has 0 saturated carbocycles. The molecule has 0 atom stereocenters. The van der Waals surface area contributed by atoms with Crippen LogP contribution in [0.1, 0.15) is 0 Å². The van der Waals surface area contributed by atoms with Gasteiger partial charge in [0.25, 0.3) is 0 Å². The number of hydrogen-bond acceptors (Lipinski definition) is 4. The summed E-state index contributed by atoms with van der Waals surface area (Å²) in [5.74, 6) is 0. The Kier molecular flexibility index (Phi) is 1.99. The van der Waals surface area contributed by atoms with E-state index in [1.807, 2.05) is 11.5 Å². The van der Waals surface area contributed by atoms with E-state index in [0.29, 0.717) is 13.1 Å². The molecule has 0 unspecified atom stereocenters. The second-order valence-corrected chi connectivity index (χ2v) is 5.06. The van der Waals surface area contributed by atoms with E-state index in [9.17, 15) is 8.42 Å². The molecular formula is C6H8N2O2S2. The highest BCUT2D eigenvalue weighted by Crippen LogP contribution is 2.25. The van der Waals surface area contributed by atoms with Crippen molar-refractivity contribution in [1.29, 1.82) is 0 Å². The first-order valence-corrected chi connectivity index (χ1v) is 5.83. The van der Waals surface area contributed by atoms with Crippen LogP contribution < -0.4 is 0 Å². The predicted octanol–water partition coefficient (Wildman–Crippen LogP) is 0.538. The van der Waals surface area contributed by atoms with Crippen molar-refractivity contribution in [2.24, 2.45) is 0 Å². The molecule has 0 bridgehead atoms. The highest BCUT2D eigenvalue weighted by Gasteiger charge is 2.29. The molecule has 0 fully saturated rings. The van der Waals surface area contributed by atoms with Gasteiger partial charge in [-0.25, -0.2) is 8.42 Å². The van der Waals surface area contributed by atoms with Gasteiger partial charge in [0.15, 0.2) is 0 Å². The second kappa shape index (κ2) is 2.88. The fraction of sp³-hybridized carbons (Fsp3) is 0.333. The minimum Gasteiger partial charge on any atom is -0.206 e. The van der Waals surface area contributed by atoms with Crippen molar-refractivity contribution >= 4 is 22.0 Å². The van der Waals surface area contributed by atoms with Crippen LogP contribution in [0.15, 0.2) is 23.0 Å². The van der Waals surface area contributed by atoms with E-state index < -0.39 is 10.0 Å². The second-order valence-electron chi connectivity index (χ2n) is 2.43. The van der Waals surface area contributed by atoms with Gasteiger partial charge >= 0.3 is 0 Å². The number of sulfonamides is 1.